The van der Waals surface area contributed by atoms with Crippen molar-refractivity contribution < 1.29 is 4.57 Å². The van der Waals surface area contributed by atoms with Crippen LogP contribution >= 0.6 is 31.7 Å². The van der Waals surface area contributed by atoms with Gasteiger partial charge in [-0.15, -0.1) is 0 Å². The van der Waals surface area contributed by atoms with Crippen LogP contribution in [-0.2, 0) is 4.57 Å². The summed E-state index contributed by atoms with van der Waals surface area (Å²) in [5.74, 6) is 0. The molecule has 1 nitrogen and oxygen atoms in total. The predicted octanol–water partition coefficient (Wildman–Crippen LogP) is 5.72. The molecule has 4 heteroatoms. The lowest BCUT2D eigenvalue weighted by molar-refractivity contribution is 0.595. The zero-order valence-electron chi connectivity index (χ0n) is 10.7. The predicted molar refractivity (Wildman–Crippen MR) is 83.2 cm³/mol. The van der Waals surface area contributed by atoms with Gasteiger partial charge in [0.15, 0.2) is 0 Å². The molecule has 0 aliphatic rings. The monoisotopic (exact) mass is 311 g/mol. The fourth-order valence-corrected chi connectivity index (χ4v) is 3.58. The molecule has 19 heavy (non-hydrogen) atoms. The molecule has 0 radical (unpaired) electrons. The Morgan fingerprint density at radius 1 is 0.895 bits per heavy atom. The molecule has 0 amide bonds. The first-order chi connectivity index (χ1) is 9.02. The van der Waals surface area contributed by atoms with E-state index >= 15 is 0 Å². The third kappa shape index (κ3) is 3.17. The van der Waals surface area contributed by atoms with Crippen LogP contribution in [0.15, 0.2) is 36.4 Å². The molecule has 0 saturated heterocycles. The van der Waals surface area contributed by atoms with Crippen molar-refractivity contribution in [2.45, 2.75) is 19.5 Å². The van der Waals surface area contributed by atoms with E-state index in [1.807, 2.05) is 50.2 Å². The van der Waals surface area contributed by atoms with Crippen molar-refractivity contribution in [3.63, 3.8) is 0 Å². The van der Waals surface area contributed by atoms with Crippen molar-refractivity contribution in [1.82, 2.24) is 0 Å². The van der Waals surface area contributed by atoms with Crippen LogP contribution in [0.25, 0.3) is 0 Å². The average molecular weight is 312 g/mol. The fraction of sp³-hybridized carbons (Fsp3) is 0.200. The minimum atomic E-state index is -0.446. The molecule has 0 N–H and O–H groups in total. The molecule has 2 aromatic rings. The van der Waals surface area contributed by atoms with Gasteiger partial charge in [-0.3, -0.25) is 0 Å². The first-order valence-electron chi connectivity index (χ1n) is 5.92. The number of benzene rings is 2. The van der Waals surface area contributed by atoms with Crippen LogP contribution < -0.4 is 0 Å². The lowest BCUT2D eigenvalue weighted by Crippen LogP contribution is -1.99. The van der Waals surface area contributed by atoms with Crippen molar-refractivity contribution >= 4 is 31.7 Å². The topological polar surface area (TPSA) is 17.1 Å². The highest BCUT2D eigenvalue weighted by molar-refractivity contribution is 7.24. The van der Waals surface area contributed by atoms with Gasteiger partial charge < -0.3 is 0 Å². The standard InChI is InChI=1S/C15H13Cl2OP/c1-9-7-11(16)3-5-13(9)15(19-18)14-6-4-12(17)8-10(14)2/h3-8,15H,1-2H3/p+1. The third-order valence-electron chi connectivity index (χ3n) is 3.20. The molecule has 1 atom stereocenters. The van der Waals surface area contributed by atoms with Crippen LogP contribution in [0, 0.1) is 13.8 Å². The van der Waals surface area contributed by atoms with E-state index in [0.717, 1.165) is 22.3 Å². The summed E-state index contributed by atoms with van der Waals surface area (Å²) in [7, 11) is -0.446. The Labute approximate surface area is 124 Å². The van der Waals surface area contributed by atoms with Gasteiger partial charge >= 0.3 is 8.46 Å². The number of hydrogen-bond acceptors (Lipinski definition) is 1. The lowest BCUT2D eigenvalue weighted by Gasteiger charge is -2.11. The number of halogens is 2. The third-order valence-corrected chi connectivity index (χ3v) is 4.53. The fourth-order valence-electron chi connectivity index (χ4n) is 2.22. The molecule has 0 saturated carbocycles. The van der Waals surface area contributed by atoms with E-state index in [-0.39, 0.29) is 5.66 Å². The zero-order chi connectivity index (χ0) is 14.0. The van der Waals surface area contributed by atoms with E-state index in [2.05, 4.69) is 0 Å². The van der Waals surface area contributed by atoms with Gasteiger partial charge in [-0.2, -0.15) is 0 Å². The average Bonchev–Trinajstić information content (AvgIpc) is 2.34. The van der Waals surface area contributed by atoms with Crippen molar-refractivity contribution in [2.24, 2.45) is 0 Å². The van der Waals surface area contributed by atoms with E-state index in [9.17, 15) is 4.57 Å². The first kappa shape index (κ1) is 14.5. The molecular weight excluding hydrogens is 298 g/mol. The number of aryl methyl sites for hydroxylation is 2. The van der Waals surface area contributed by atoms with Gasteiger partial charge in [0.05, 0.1) is 0 Å². The summed E-state index contributed by atoms with van der Waals surface area (Å²) in [6.07, 6.45) is 0. The maximum Gasteiger partial charge on any atom is 0.337 e. The zero-order valence-corrected chi connectivity index (χ0v) is 13.2. The van der Waals surface area contributed by atoms with E-state index < -0.39 is 8.46 Å². The van der Waals surface area contributed by atoms with E-state index in [0.29, 0.717) is 10.0 Å². The highest BCUT2D eigenvalue weighted by Gasteiger charge is 2.25. The van der Waals surface area contributed by atoms with Crippen LogP contribution in [0.4, 0.5) is 0 Å². The summed E-state index contributed by atoms with van der Waals surface area (Å²) in [5, 5.41) is 1.39. The first-order valence-corrected chi connectivity index (χ1v) is 7.67. The summed E-state index contributed by atoms with van der Waals surface area (Å²) in [5.41, 5.74) is 4.06. The summed E-state index contributed by atoms with van der Waals surface area (Å²) < 4.78 is 11.7. The SMILES string of the molecule is Cc1cc(Cl)ccc1C([PH+]=O)c1ccc(Cl)cc1C. The second-order valence-electron chi connectivity index (χ2n) is 4.55. The van der Waals surface area contributed by atoms with Gasteiger partial charge in [0.25, 0.3) is 0 Å². The molecule has 0 heterocycles. The minimum Gasteiger partial charge on any atom is -0.0843 e. The highest BCUT2D eigenvalue weighted by Crippen LogP contribution is 2.38. The summed E-state index contributed by atoms with van der Waals surface area (Å²) in [4.78, 5) is 0. The molecule has 0 bridgehead atoms. The molecule has 0 fully saturated rings. The van der Waals surface area contributed by atoms with Gasteiger partial charge in [-0.1, -0.05) is 39.9 Å². The maximum atomic E-state index is 11.7. The molecule has 0 spiro atoms. The summed E-state index contributed by atoms with van der Waals surface area (Å²) >= 11 is 11.9. The smallest absolute Gasteiger partial charge is 0.0843 e. The second kappa shape index (κ2) is 6.05. The van der Waals surface area contributed by atoms with E-state index in [1.54, 1.807) is 0 Å². The Morgan fingerprint density at radius 2 is 1.32 bits per heavy atom. The molecular formula is C15H14Cl2OP+. The van der Waals surface area contributed by atoms with Gasteiger partial charge in [0, 0.05) is 21.2 Å². The van der Waals surface area contributed by atoms with Crippen molar-refractivity contribution in [3.05, 3.63) is 68.7 Å². The van der Waals surface area contributed by atoms with Crippen LogP contribution in [-0.4, -0.2) is 0 Å². The quantitative estimate of drug-likeness (QED) is 0.662. The highest BCUT2D eigenvalue weighted by atomic mass is 35.5. The Balaban J connectivity index is 2.53. The lowest BCUT2D eigenvalue weighted by atomic mass is 9.97. The van der Waals surface area contributed by atoms with Crippen LogP contribution in [0.3, 0.4) is 0 Å². The van der Waals surface area contributed by atoms with Gasteiger partial charge in [0.2, 0.25) is 5.66 Å². The maximum absolute atomic E-state index is 11.7. The Kier molecular flexibility index (Phi) is 4.62. The Hall–Kier alpha value is -0.880. The van der Waals surface area contributed by atoms with Gasteiger partial charge in [-0.05, 0) is 49.2 Å². The number of hydrogen-bond donors (Lipinski definition) is 0. The summed E-state index contributed by atoms with van der Waals surface area (Å²) in [6.45, 7) is 3.97. The van der Waals surface area contributed by atoms with E-state index in [4.69, 9.17) is 23.2 Å². The second-order valence-corrected chi connectivity index (χ2v) is 6.24. The molecule has 0 aromatic heterocycles. The van der Waals surface area contributed by atoms with Crippen LogP contribution in [0.5, 0.6) is 0 Å². The van der Waals surface area contributed by atoms with Crippen molar-refractivity contribution in [2.75, 3.05) is 0 Å². The van der Waals surface area contributed by atoms with Crippen molar-refractivity contribution in [1.29, 1.82) is 0 Å². The number of rotatable bonds is 3. The largest absolute Gasteiger partial charge is 0.337 e. The van der Waals surface area contributed by atoms with Gasteiger partial charge in [0.1, 0.15) is 0 Å². The normalized spacial score (nSPS) is 11.2. The molecule has 1 unspecified atom stereocenters. The van der Waals surface area contributed by atoms with Crippen molar-refractivity contribution in [3.8, 4) is 0 Å². The Bertz CT molecular complexity index is 574. The summed E-state index contributed by atoms with van der Waals surface area (Å²) in [6, 6.07) is 11.4. The molecule has 0 aliphatic carbocycles. The van der Waals surface area contributed by atoms with Crippen LogP contribution in [0.2, 0.25) is 10.0 Å². The molecule has 0 aliphatic heterocycles. The minimum absolute atomic E-state index is 0.130. The molecule has 2 rings (SSSR count). The molecule has 2 aromatic carbocycles. The van der Waals surface area contributed by atoms with Crippen LogP contribution in [0.1, 0.15) is 27.9 Å². The van der Waals surface area contributed by atoms with Gasteiger partial charge in [-0.25, -0.2) is 0 Å². The molecule has 98 valence electrons. The Morgan fingerprint density at radius 3 is 1.63 bits per heavy atom. The van der Waals surface area contributed by atoms with E-state index in [1.165, 1.54) is 0 Å².